The van der Waals surface area contributed by atoms with Gasteiger partial charge in [0.05, 0.1) is 12.2 Å². The number of aryl methyl sites for hydroxylation is 2. The van der Waals surface area contributed by atoms with E-state index in [9.17, 15) is 4.79 Å². The maximum Gasteiger partial charge on any atom is 0.273 e. The molecule has 1 saturated carbocycles. The Labute approximate surface area is 117 Å². The molecule has 0 spiro atoms. The van der Waals surface area contributed by atoms with Crippen LogP contribution in [0.2, 0.25) is 0 Å². The molecule has 0 aliphatic heterocycles. The van der Waals surface area contributed by atoms with Gasteiger partial charge < -0.3 is 9.73 Å². The van der Waals surface area contributed by atoms with Gasteiger partial charge in [0.25, 0.3) is 5.91 Å². The van der Waals surface area contributed by atoms with Crippen molar-refractivity contribution in [3.63, 3.8) is 0 Å². The van der Waals surface area contributed by atoms with E-state index in [4.69, 9.17) is 4.42 Å². The van der Waals surface area contributed by atoms with Crippen LogP contribution in [0, 0.1) is 13.8 Å². The second kappa shape index (κ2) is 5.11. The molecule has 0 bridgehead atoms. The topological polar surface area (TPSA) is 73.0 Å². The normalized spacial score (nSPS) is 14.5. The highest BCUT2D eigenvalue weighted by atomic mass is 16.3. The van der Waals surface area contributed by atoms with Crippen LogP contribution in [0.4, 0.5) is 0 Å². The zero-order valence-corrected chi connectivity index (χ0v) is 11.7. The number of nitrogens with zero attached hydrogens (tertiary/aromatic N) is 3. The molecule has 0 aromatic carbocycles. The molecule has 3 rings (SSSR count). The van der Waals surface area contributed by atoms with Gasteiger partial charge in [-0.3, -0.25) is 9.48 Å². The van der Waals surface area contributed by atoms with Crippen molar-refractivity contribution < 1.29 is 9.21 Å². The molecule has 1 fully saturated rings. The summed E-state index contributed by atoms with van der Waals surface area (Å²) in [5, 5.41) is 7.23. The zero-order valence-electron chi connectivity index (χ0n) is 11.7. The van der Waals surface area contributed by atoms with Crippen molar-refractivity contribution in [1.82, 2.24) is 20.1 Å². The second-order valence-corrected chi connectivity index (χ2v) is 5.25. The maximum atomic E-state index is 12.1. The zero-order chi connectivity index (χ0) is 14.1. The molecule has 1 N–H and O–H groups in total. The van der Waals surface area contributed by atoms with Crippen LogP contribution in [-0.2, 0) is 6.54 Å². The predicted molar refractivity (Wildman–Crippen MR) is 72.5 cm³/mol. The number of aromatic nitrogens is 3. The van der Waals surface area contributed by atoms with Crippen LogP contribution >= 0.6 is 0 Å². The molecule has 0 unspecified atom stereocenters. The van der Waals surface area contributed by atoms with E-state index in [0.29, 0.717) is 24.7 Å². The standard InChI is InChI=1S/C14H18N4O2/c1-9-7-10(2)18(17-9)6-5-15-14(19)12-13(11-3-4-11)20-8-16-12/h7-8,11H,3-6H2,1-2H3,(H,15,19). The number of carbonyl (C=O) groups is 1. The Balaban J connectivity index is 1.57. The van der Waals surface area contributed by atoms with Crippen LogP contribution in [-0.4, -0.2) is 27.2 Å². The number of amides is 1. The van der Waals surface area contributed by atoms with Gasteiger partial charge in [-0.25, -0.2) is 4.98 Å². The summed E-state index contributed by atoms with van der Waals surface area (Å²) in [6, 6.07) is 2.02. The Kier molecular flexibility index (Phi) is 3.30. The van der Waals surface area contributed by atoms with Crippen LogP contribution in [0.15, 0.2) is 16.9 Å². The number of nitrogens with one attached hydrogen (secondary N) is 1. The average Bonchev–Trinajstić information content (AvgIpc) is 3.04. The van der Waals surface area contributed by atoms with Crippen molar-refractivity contribution in [2.75, 3.05) is 6.54 Å². The summed E-state index contributed by atoms with van der Waals surface area (Å²) in [7, 11) is 0. The Bertz CT molecular complexity index is 625. The fourth-order valence-corrected chi connectivity index (χ4v) is 2.32. The number of carbonyl (C=O) groups excluding carboxylic acids is 1. The number of oxazole rings is 1. The third-order valence-corrected chi connectivity index (χ3v) is 3.47. The van der Waals surface area contributed by atoms with Crippen molar-refractivity contribution in [3.8, 4) is 0 Å². The molecule has 2 aromatic rings. The van der Waals surface area contributed by atoms with Crippen LogP contribution in [0.3, 0.4) is 0 Å². The van der Waals surface area contributed by atoms with Gasteiger partial charge in [-0.1, -0.05) is 0 Å². The van der Waals surface area contributed by atoms with E-state index >= 15 is 0 Å². The van der Waals surface area contributed by atoms with Gasteiger partial charge in [0.15, 0.2) is 12.1 Å². The molecule has 2 aromatic heterocycles. The Hall–Kier alpha value is -2.11. The molecule has 1 aliphatic carbocycles. The van der Waals surface area contributed by atoms with E-state index in [-0.39, 0.29) is 5.91 Å². The van der Waals surface area contributed by atoms with E-state index in [1.165, 1.54) is 6.39 Å². The van der Waals surface area contributed by atoms with E-state index in [2.05, 4.69) is 15.4 Å². The van der Waals surface area contributed by atoms with Gasteiger partial charge in [-0.2, -0.15) is 5.10 Å². The molecular weight excluding hydrogens is 256 g/mol. The monoisotopic (exact) mass is 274 g/mol. The third-order valence-electron chi connectivity index (χ3n) is 3.47. The highest BCUT2D eigenvalue weighted by Crippen LogP contribution is 2.41. The van der Waals surface area contributed by atoms with Gasteiger partial charge in [0.1, 0.15) is 5.76 Å². The largest absolute Gasteiger partial charge is 0.447 e. The Morgan fingerprint density at radius 2 is 2.30 bits per heavy atom. The van der Waals surface area contributed by atoms with Crippen LogP contribution < -0.4 is 5.32 Å². The first-order chi connectivity index (χ1) is 9.65. The van der Waals surface area contributed by atoms with Gasteiger partial charge >= 0.3 is 0 Å². The SMILES string of the molecule is Cc1cc(C)n(CCNC(=O)c2ncoc2C2CC2)n1. The van der Waals surface area contributed by atoms with Crippen LogP contribution in [0.1, 0.15) is 46.4 Å². The molecule has 6 heteroatoms. The first-order valence-electron chi connectivity index (χ1n) is 6.88. The minimum absolute atomic E-state index is 0.165. The van der Waals surface area contributed by atoms with Crippen LogP contribution in [0.25, 0.3) is 0 Å². The smallest absolute Gasteiger partial charge is 0.273 e. The van der Waals surface area contributed by atoms with Gasteiger partial charge in [-0.15, -0.1) is 0 Å². The highest BCUT2D eigenvalue weighted by molar-refractivity contribution is 5.93. The summed E-state index contributed by atoms with van der Waals surface area (Å²) in [6.45, 7) is 5.14. The third kappa shape index (κ3) is 2.59. The quantitative estimate of drug-likeness (QED) is 0.902. The van der Waals surface area contributed by atoms with Gasteiger partial charge in [0, 0.05) is 18.2 Å². The predicted octanol–water partition coefficient (Wildman–Crippen LogP) is 1.80. The number of rotatable bonds is 5. The van der Waals surface area contributed by atoms with E-state index in [0.717, 1.165) is 30.0 Å². The fourth-order valence-electron chi connectivity index (χ4n) is 2.32. The highest BCUT2D eigenvalue weighted by Gasteiger charge is 2.32. The van der Waals surface area contributed by atoms with Crippen molar-refractivity contribution in [2.24, 2.45) is 0 Å². The van der Waals surface area contributed by atoms with E-state index in [1.807, 2.05) is 24.6 Å². The summed E-state index contributed by atoms with van der Waals surface area (Å²) in [4.78, 5) is 16.1. The van der Waals surface area contributed by atoms with Crippen molar-refractivity contribution in [2.45, 2.75) is 39.2 Å². The molecule has 6 nitrogen and oxygen atoms in total. The molecule has 1 amide bonds. The minimum atomic E-state index is -0.165. The van der Waals surface area contributed by atoms with Crippen molar-refractivity contribution in [1.29, 1.82) is 0 Å². The minimum Gasteiger partial charge on any atom is -0.447 e. The van der Waals surface area contributed by atoms with E-state index in [1.54, 1.807) is 0 Å². The molecule has 2 heterocycles. The molecule has 0 saturated heterocycles. The van der Waals surface area contributed by atoms with Crippen LogP contribution in [0.5, 0.6) is 0 Å². The first kappa shape index (κ1) is 12.9. The van der Waals surface area contributed by atoms with Gasteiger partial charge in [-0.05, 0) is 32.8 Å². The summed E-state index contributed by atoms with van der Waals surface area (Å²) in [6.07, 6.45) is 3.52. The second-order valence-electron chi connectivity index (χ2n) is 5.25. The lowest BCUT2D eigenvalue weighted by molar-refractivity contribution is 0.0945. The van der Waals surface area contributed by atoms with Crippen molar-refractivity contribution in [3.05, 3.63) is 35.3 Å². The molecule has 20 heavy (non-hydrogen) atoms. The Morgan fingerprint density at radius 1 is 1.50 bits per heavy atom. The lowest BCUT2D eigenvalue weighted by Crippen LogP contribution is -2.28. The molecule has 106 valence electrons. The van der Waals surface area contributed by atoms with Gasteiger partial charge in [0.2, 0.25) is 0 Å². The van der Waals surface area contributed by atoms with Crippen molar-refractivity contribution >= 4 is 5.91 Å². The average molecular weight is 274 g/mol. The maximum absolute atomic E-state index is 12.1. The summed E-state index contributed by atoms with van der Waals surface area (Å²) in [5.41, 5.74) is 2.51. The Morgan fingerprint density at radius 3 is 2.95 bits per heavy atom. The molecule has 0 atom stereocenters. The fraction of sp³-hybridized carbons (Fsp3) is 0.500. The molecule has 1 aliphatic rings. The summed E-state index contributed by atoms with van der Waals surface area (Å²) < 4.78 is 7.20. The number of hydrogen-bond acceptors (Lipinski definition) is 4. The lowest BCUT2D eigenvalue weighted by atomic mass is 10.2. The lowest BCUT2D eigenvalue weighted by Gasteiger charge is -2.06. The summed E-state index contributed by atoms with van der Waals surface area (Å²) in [5.74, 6) is 0.949. The summed E-state index contributed by atoms with van der Waals surface area (Å²) >= 11 is 0. The molecule has 0 radical (unpaired) electrons. The first-order valence-corrected chi connectivity index (χ1v) is 6.88. The molecular formula is C14H18N4O2. The number of hydrogen-bond donors (Lipinski definition) is 1. The van der Waals surface area contributed by atoms with E-state index < -0.39 is 0 Å².